The van der Waals surface area contributed by atoms with Crippen LogP contribution in [-0.2, 0) is 12.7 Å². The summed E-state index contributed by atoms with van der Waals surface area (Å²) in [6.45, 7) is 1.87. The maximum Gasteiger partial charge on any atom is 0.435 e. The van der Waals surface area contributed by atoms with E-state index in [4.69, 9.17) is 10.2 Å². The van der Waals surface area contributed by atoms with Crippen LogP contribution < -0.4 is 11.1 Å². The topological polar surface area (TPSA) is 135 Å². The molecule has 1 atom stereocenters. The van der Waals surface area contributed by atoms with E-state index in [2.05, 4.69) is 25.5 Å². The van der Waals surface area contributed by atoms with Crippen LogP contribution in [0.2, 0.25) is 0 Å². The van der Waals surface area contributed by atoms with Crippen LogP contribution >= 0.6 is 0 Å². The lowest BCUT2D eigenvalue weighted by Crippen LogP contribution is -2.21. The van der Waals surface area contributed by atoms with Gasteiger partial charge in [0, 0.05) is 31.3 Å². The van der Waals surface area contributed by atoms with E-state index >= 15 is 4.39 Å². The van der Waals surface area contributed by atoms with Crippen molar-refractivity contribution in [1.82, 2.24) is 24.9 Å². The smallest absolute Gasteiger partial charge is 0.404 e. The van der Waals surface area contributed by atoms with E-state index < -0.39 is 29.3 Å². The minimum Gasteiger partial charge on any atom is -0.404 e. The van der Waals surface area contributed by atoms with Gasteiger partial charge in [-0.1, -0.05) is 41.5 Å². The fourth-order valence-electron chi connectivity index (χ4n) is 5.11. The summed E-state index contributed by atoms with van der Waals surface area (Å²) in [6.07, 6.45) is -4.54. The lowest BCUT2D eigenvalue weighted by molar-refractivity contribution is -0.141. The van der Waals surface area contributed by atoms with Gasteiger partial charge in [0.25, 0.3) is 5.91 Å². The molecule has 10 nitrogen and oxygen atoms in total. The number of hydrogen-bond acceptors (Lipinski definition) is 8. The van der Waals surface area contributed by atoms with Gasteiger partial charge in [-0.2, -0.15) is 18.3 Å². The molecule has 3 aromatic carbocycles. The summed E-state index contributed by atoms with van der Waals surface area (Å²) in [5, 5.41) is 23.2. The number of anilines is 2. The summed E-state index contributed by atoms with van der Waals surface area (Å²) in [4.78, 5) is 15.4. The number of β-amino-alcohol motifs (C(OH)–C–C–N with tert-alkyl or cyclic N) is 1. The number of carbonyl (C=O) groups excluding carboxylic acids is 1. The van der Waals surface area contributed by atoms with Crippen molar-refractivity contribution in [2.45, 2.75) is 25.2 Å². The Kier molecular flexibility index (Phi) is 7.61. The highest BCUT2D eigenvalue weighted by Crippen LogP contribution is 2.32. The number of nitrogen functional groups attached to an aromatic ring is 1. The number of rotatable bonds is 7. The molecule has 1 amide bonds. The third-order valence-corrected chi connectivity index (χ3v) is 7.20. The van der Waals surface area contributed by atoms with Crippen LogP contribution in [0.5, 0.6) is 0 Å². The summed E-state index contributed by atoms with van der Waals surface area (Å²) in [5.74, 6) is -1.78. The molecule has 14 heteroatoms. The van der Waals surface area contributed by atoms with Gasteiger partial charge in [-0.05, 0) is 53.4 Å². The van der Waals surface area contributed by atoms with E-state index in [-0.39, 0.29) is 29.4 Å². The Morgan fingerprint density at radius 1 is 1.05 bits per heavy atom. The number of amides is 1. The van der Waals surface area contributed by atoms with Crippen molar-refractivity contribution >= 4 is 17.6 Å². The molecule has 3 heterocycles. The third kappa shape index (κ3) is 6.02. The first kappa shape index (κ1) is 29.0. The molecular formula is C30H25F4N7O3. The largest absolute Gasteiger partial charge is 0.435 e. The number of halogens is 4. The van der Waals surface area contributed by atoms with Crippen LogP contribution in [0.3, 0.4) is 0 Å². The second kappa shape index (κ2) is 11.5. The summed E-state index contributed by atoms with van der Waals surface area (Å²) in [6, 6.07) is 18.0. The average Bonchev–Trinajstić information content (AvgIpc) is 3.74. The van der Waals surface area contributed by atoms with Crippen molar-refractivity contribution in [3.05, 3.63) is 95.6 Å². The second-order valence-electron chi connectivity index (χ2n) is 10.3. The van der Waals surface area contributed by atoms with Crippen LogP contribution in [0.25, 0.3) is 28.3 Å². The van der Waals surface area contributed by atoms with Crippen LogP contribution in [0.15, 0.2) is 77.2 Å². The molecule has 0 spiro atoms. The van der Waals surface area contributed by atoms with Crippen LogP contribution in [0.1, 0.15) is 28.2 Å². The SMILES string of the molecule is Nc1nnc(-c2cccc(-n3nc(C(F)(F)F)cc3C(=O)Nc3ccc(-c4ccccc4CN4CCC(O)C4)cc3F)c2)o1. The summed E-state index contributed by atoms with van der Waals surface area (Å²) in [5.41, 5.74) is 6.13. The van der Waals surface area contributed by atoms with E-state index in [1.807, 2.05) is 24.3 Å². The van der Waals surface area contributed by atoms with Crippen molar-refractivity contribution in [2.75, 3.05) is 24.1 Å². The molecule has 4 N–H and O–H groups in total. The highest BCUT2D eigenvalue weighted by atomic mass is 19.4. The molecule has 1 fully saturated rings. The number of aliphatic hydroxyl groups excluding tert-OH is 1. The molecule has 1 aliphatic heterocycles. The van der Waals surface area contributed by atoms with Gasteiger partial charge < -0.3 is 20.6 Å². The van der Waals surface area contributed by atoms with Gasteiger partial charge in [0.1, 0.15) is 11.5 Å². The maximum atomic E-state index is 15.4. The lowest BCUT2D eigenvalue weighted by Gasteiger charge is -2.18. The minimum atomic E-state index is -4.85. The Labute approximate surface area is 247 Å². The molecule has 226 valence electrons. The van der Waals surface area contributed by atoms with Crippen molar-refractivity contribution in [3.8, 4) is 28.3 Å². The Morgan fingerprint density at radius 3 is 2.57 bits per heavy atom. The van der Waals surface area contributed by atoms with E-state index in [0.717, 1.165) is 22.4 Å². The normalized spacial score (nSPS) is 15.5. The number of carbonyl (C=O) groups is 1. The molecule has 1 aliphatic rings. The first-order valence-corrected chi connectivity index (χ1v) is 13.5. The molecule has 0 bridgehead atoms. The average molecular weight is 608 g/mol. The highest BCUT2D eigenvalue weighted by Gasteiger charge is 2.36. The zero-order valence-corrected chi connectivity index (χ0v) is 22.9. The number of hydrogen-bond donors (Lipinski definition) is 3. The third-order valence-electron chi connectivity index (χ3n) is 7.20. The molecular weight excluding hydrogens is 582 g/mol. The molecule has 2 aromatic heterocycles. The number of nitrogens with zero attached hydrogens (tertiary/aromatic N) is 5. The molecule has 1 saturated heterocycles. The zero-order chi connectivity index (χ0) is 31.0. The van der Waals surface area contributed by atoms with Crippen molar-refractivity contribution in [2.24, 2.45) is 0 Å². The number of aromatic nitrogens is 4. The molecule has 6 rings (SSSR count). The standard InChI is InChI=1S/C30H25F4N7O3/c31-23-13-17(22-7-2-1-4-19(22)15-40-11-10-21(42)16-40)8-9-24(23)36-27(43)25-14-26(30(32,33)34)39-41(25)20-6-3-5-18(12-20)28-37-38-29(35)44-28/h1-9,12-14,21,42H,10-11,15-16H2,(H2,35,38)(H,36,43). The highest BCUT2D eigenvalue weighted by molar-refractivity contribution is 6.03. The Balaban J connectivity index is 1.28. The number of benzene rings is 3. The lowest BCUT2D eigenvalue weighted by atomic mass is 9.99. The van der Waals surface area contributed by atoms with E-state index in [0.29, 0.717) is 36.7 Å². The first-order valence-electron chi connectivity index (χ1n) is 13.5. The van der Waals surface area contributed by atoms with Crippen molar-refractivity contribution < 1.29 is 31.9 Å². The maximum absolute atomic E-state index is 15.4. The van der Waals surface area contributed by atoms with Gasteiger partial charge in [-0.25, -0.2) is 9.07 Å². The Hall–Kier alpha value is -5.08. The van der Waals surface area contributed by atoms with Gasteiger partial charge in [0.15, 0.2) is 5.69 Å². The molecule has 0 saturated carbocycles. The van der Waals surface area contributed by atoms with Crippen molar-refractivity contribution in [1.29, 1.82) is 0 Å². The summed E-state index contributed by atoms with van der Waals surface area (Å²) in [7, 11) is 0. The van der Waals surface area contributed by atoms with Gasteiger partial charge in [-0.3, -0.25) is 9.69 Å². The van der Waals surface area contributed by atoms with E-state index in [1.54, 1.807) is 12.1 Å². The molecule has 44 heavy (non-hydrogen) atoms. The van der Waals surface area contributed by atoms with Crippen LogP contribution in [-0.4, -0.2) is 55.1 Å². The fourth-order valence-corrected chi connectivity index (χ4v) is 5.11. The fraction of sp³-hybridized carbons (Fsp3) is 0.200. The Morgan fingerprint density at radius 2 is 1.86 bits per heavy atom. The van der Waals surface area contributed by atoms with Gasteiger partial charge >= 0.3 is 12.2 Å². The Bertz CT molecular complexity index is 1840. The summed E-state index contributed by atoms with van der Waals surface area (Å²) < 4.78 is 62.3. The number of nitrogens with two attached hydrogens (primary N) is 1. The van der Waals surface area contributed by atoms with Crippen LogP contribution in [0, 0.1) is 5.82 Å². The predicted molar refractivity (Wildman–Crippen MR) is 152 cm³/mol. The number of alkyl halides is 3. The first-order chi connectivity index (χ1) is 21.0. The van der Waals surface area contributed by atoms with Gasteiger partial charge in [0.2, 0.25) is 5.89 Å². The zero-order valence-electron chi connectivity index (χ0n) is 22.9. The molecule has 1 unspecified atom stereocenters. The van der Waals surface area contributed by atoms with Gasteiger partial charge in [-0.15, -0.1) is 5.10 Å². The predicted octanol–water partition coefficient (Wildman–Crippen LogP) is 5.15. The van der Waals surface area contributed by atoms with Crippen LogP contribution in [0.4, 0.5) is 29.3 Å². The molecule has 0 aliphatic carbocycles. The molecule has 0 radical (unpaired) electrons. The van der Waals surface area contributed by atoms with E-state index in [9.17, 15) is 23.1 Å². The molecule has 5 aromatic rings. The minimum absolute atomic E-state index is 0.0142. The van der Waals surface area contributed by atoms with E-state index in [1.165, 1.54) is 30.3 Å². The quantitative estimate of drug-likeness (QED) is 0.216. The van der Waals surface area contributed by atoms with Gasteiger partial charge in [0.05, 0.1) is 17.5 Å². The number of likely N-dealkylation sites (tertiary alicyclic amines) is 1. The number of aliphatic hydroxyl groups is 1. The monoisotopic (exact) mass is 607 g/mol. The van der Waals surface area contributed by atoms with Crippen molar-refractivity contribution in [3.63, 3.8) is 0 Å². The summed E-state index contributed by atoms with van der Waals surface area (Å²) >= 11 is 0. The number of nitrogens with one attached hydrogen (secondary N) is 1. The second-order valence-corrected chi connectivity index (χ2v) is 10.3.